The topological polar surface area (TPSA) is 90.3 Å². The van der Waals surface area contributed by atoms with Gasteiger partial charge in [0.15, 0.2) is 0 Å². The second kappa shape index (κ2) is 7.63. The van der Waals surface area contributed by atoms with Crippen LogP contribution in [0.25, 0.3) is 11.4 Å². The van der Waals surface area contributed by atoms with E-state index in [1.807, 2.05) is 24.3 Å². The summed E-state index contributed by atoms with van der Waals surface area (Å²) in [6.45, 7) is 4.42. The van der Waals surface area contributed by atoms with Crippen LogP contribution in [0.1, 0.15) is 17.1 Å². The lowest BCUT2D eigenvalue weighted by Crippen LogP contribution is -2.35. The van der Waals surface area contributed by atoms with E-state index in [-0.39, 0.29) is 0 Å². The molecule has 134 valence electrons. The second-order valence-electron chi connectivity index (χ2n) is 6.36. The van der Waals surface area contributed by atoms with Crippen molar-refractivity contribution in [2.45, 2.75) is 13.0 Å². The van der Waals surface area contributed by atoms with Crippen molar-refractivity contribution < 1.29 is 9.26 Å². The zero-order valence-electron chi connectivity index (χ0n) is 14.5. The number of anilines is 1. The predicted octanol–water partition coefficient (Wildman–Crippen LogP) is 2.14. The Morgan fingerprint density at radius 2 is 2.00 bits per heavy atom. The van der Waals surface area contributed by atoms with Crippen molar-refractivity contribution in [2.24, 2.45) is 0 Å². The Balaban J connectivity index is 1.46. The number of nitrogens with zero attached hydrogens (tertiary/aromatic N) is 4. The lowest BCUT2D eigenvalue weighted by Gasteiger charge is -2.26. The van der Waals surface area contributed by atoms with E-state index in [9.17, 15) is 0 Å². The molecule has 3 aromatic rings. The van der Waals surface area contributed by atoms with E-state index in [2.05, 4.69) is 32.2 Å². The van der Waals surface area contributed by atoms with Crippen molar-refractivity contribution in [1.29, 1.82) is 0 Å². The van der Waals surface area contributed by atoms with Gasteiger partial charge in [-0.3, -0.25) is 9.88 Å². The van der Waals surface area contributed by atoms with Crippen molar-refractivity contribution in [3.05, 3.63) is 59.7 Å². The first-order chi connectivity index (χ1) is 12.8. The lowest BCUT2D eigenvalue weighted by atomic mass is 10.1. The van der Waals surface area contributed by atoms with Gasteiger partial charge in [0.2, 0.25) is 11.7 Å². The maximum absolute atomic E-state index is 5.66. The van der Waals surface area contributed by atoms with Gasteiger partial charge in [-0.05, 0) is 23.8 Å². The van der Waals surface area contributed by atoms with E-state index in [1.165, 1.54) is 5.56 Å². The summed E-state index contributed by atoms with van der Waals surface area (Å²) in [5.41, 5.74) is 9.32. The Kier molecular flexibility index (Phi) is 4.90. The minimum Gasteiger partial charge on any atom is -0.397 e. The Morgan fingerprint density at radius 3 is 2.81 bits per heavy atom. The van der Waals surface area contributed by atoms with Gasteiger partial charge in [0.1, 0.15) is 0 Å². The Bertz CT molecular complexity index is 856. The number of nitrogen functional groups attached to an aromatic ring is 1. The first kappa shape index (κ1) is 16.7. The average molecular weight is 351 g/mol. The third-order valence-corrected chi connectivity index (χ3v) is 4.34. The standard InChI is InChI=1S/C19H21N5O2/c20-16-4-5-17(21-12-16)11-18-22-19(23-26-18)15-3-1-2-14(10-15)13-24-6-8-25-9-7-24/h1-5,10,12H,6-9,11,13,20H2. The van der Waals surface area contributed by atoms with Crippen molar-refractivity contribution in [2.75, 3.05) is 32.0 Å². The maximum Gasteiger partial charge on any atom is 0.232 e. The number of rotatable bonds is 5. The Labute approximate surface area is 151 Å². The summed E-state index contributed by atoms with van der Waals surface area (Å²) in [5.74, 6) is 1.13. The summed E-state index contributed by atoms with van der Waals surface area (Å²) in [5, 5.41) is 4.12. The van der Waals surface area contributed by atoms with Crippen LogP contribution in [0.2, 0.25) is 0 Å². The number of pyridine rings is 1. The van der Waals surface area contributed by atoms with Gasteiger partial charge < -0.3 is 15.0 Å². The summed E-state index contributed by atoms with van der Waals surface area (Å²) in [4.78, 5) is 11.2. The summed E-state index contributed by atoms with van der Waals surface area (Å²) < 4.78 is 10.8. The summed E-state index contributed by atoms with van der Waals surface area (Å²) in [6, 6.07) is 11.9. The van der Waals surface area contributed by atoms with E-state index < -0.39 is 0 Å². The first-order valence-electron chi connectivity index (χ1n) is 8.69. The molecule has 4 rings (SSSR count). The van der Waals surface area contributed by atoms with Gasteiger partial charge in [-0.15, -0.1) is 0 Å². The molecule has 1 aliphatic heterocycles. The summed E-state index contributed by atoms with van der Waals surface area (Å²) in [7, 11) is 0. The number of hydrogen-bond acceptors (Lipinski definition) is 7. The number of benzene rings is 1. The normalized spacial score (nSPS) is 15.2. The molecule has 0 saturated carbocycles. The highest BCUT2D eigenvalue weighted by molar-refractivity contribution is 5.55. The van der Waals surface area contributed by atoms with Crippen LogP contribution in [0.15, 0.2) is 47.1 Å². The molecule has 0 aliphatic carbocycles. The zero-order valence-corrected chi connectivity index (χ0v) is 14.5. The van der Waals surface area contributed by atoms with E-state index in [1.54, 1.807) is 6.20 Å². The zero-order chi connectivity index (χ0) is 17.8. The number of aromatic nitrogens is 3. The Hall–Kier alpha value is -2.77. The quantitative estimate of drug-likeness (QED) is 0.753. The van der Waals surface area contributed by atoms with Gasteiger partial charge in [0.05, 0.1) is 31.5 Å². The van der Waals surface area contributed by atoms with Crippen LogP contribution < -0.4 is 5.73 Å². The van der Waals surface area contributed by atoms with Gasteiger partial charge in [0, 0.05) is 30.9 Å². The number of ether oxygens (including phenoxy) is 1. The molecule has 0 atom stereocenters. The fourth-order valence-electron chi connectivity index (χ4n) is 2.97. The molecule has 0 bridgehead atoms. The van der Waals surface area contributed by atoms with Crippen molar-refractivity contribution in [1.82, 2.24) is 20.0 Å². The highest BCUT2D eigenvalue weighted by Crippen LogP contribution is 2.19. The number of hydrogen-bond donors (Lipinski definition) is 1. The smallest absolute Gasteiger partial charge is 0.232 e. The van der Waals surface area contributed by atoms with Crippen molar-refractivity contribution in [3.63, 3.8) is 0 Å². The fourth-order valence-corrected chi connectivity index (χ4v) is 2.97. The molecule has 3 heterocycles. The Morgan fingerprint density at radius 1 is 1.12 bits per heavy atom. The van der Waals surface area contributed by atoms with Crippen molar-refractivity contribution in [3.8, 4) is 11.4 Å². The molecule has 0 radical (unpaired) electrons. The maximum atomic E-state index is 5.66. The highest BCUT2D eigenvalue weighted by atomic mass is 16.5. The van der Waals surface area contributed by atoms with Crippen LogP contribution in [-0.2, 0) is 17.7 Å². The molecule has 0 spiro atoms. The molecule has 1 aliphatic rings. The van der Waals surface area contributed by atoms with Crippen LogP contribution in [0.4, 0.5) is 5.69 Å². The number of nitrogens with two attached hydrogens (primary N) is 1. The van der Waals surface area contributed by atoms with Gasteiger partial charge >= 0.3 is 0 Å². The van der Waals surface area contributed by atoms with Crippen molar-refractivity contribution >= 4 is 5.69 Å². The van der Waals surface area contributed by atoms with Crippen LogP contribution in [0.3, 0.4) is 0 Å². The molecule has 1 aromatic carbocycles. The third kappa shape index (κ3) is 4.07. The van der Waals surface area contributed by atoms with Gasteiger partial charge in [-0.1, -0.05) is 23.4 Å². The van der Waals surface area contributed by atoms with E-state index in [4.69, 9.17) is 15.0 Å². The predicted molar refractivity (Wildman–Crippen MR) is 97.3 cm³/mol. The minimum atomic E-state index is 0.487. The molecule has 26 heavy (non-hydrogen) atoms. The lowest BCUT2D eigenvalue weighted by molar-refractivity contribution is 0.0342. The molecule has 0 unspecified atom stereocenters. The molecule has 1 fully saturated rings. The van der Waals surface area contributed by atoms with Crippen LogP contribution >= 0.6 is 0 Å². The molecule has 7 heteroatoms. The summed E-state index contributed by atoms with van der Waals surface area (Å²) in [6.07, 6.45) is 2.11. The molecule has 7 nitrogen and oxygen atoms in total. The second-order valence-corrected chi connectivity index (χ2v) is 6.36. The highest BCUT2D eigenvalue weighted by Gasteiger charge is 2.13. The first-order valence-corrected chi connectivity index (χ1v) is 8.69. The fraction of sp³-hybridized carbons (Fsp3) is 0.316. The van der Waals surface area contributed by atoms with Crippen LogP contribution in [0.5, 0.6) is 0 Å². The number of morpholine rings is 1. The van der Waals surface area contributed by atoms with Crippen LogP contribution in [0, 0.1) is 0 Å². The molecular weight excluding hydrogens is 330 g/mol. The van der Waals surface area contributed by atoms with E-state index in [0.717, 1.165) is 44.1 Å². The SMILES string of the molecule is Nc1ccc(Cc2nc(-c3cccc(CN4CCOCC4)c3)no2)nc1. The van der Waals surface area contributed by atoms with Gasteiger partial charge in [0.25, 0.3) is 0 Å². The minimum absolute atomic E-state index is 0.487. The van der Waals surface area contributed by atoms with E-state index >= 15 is 0 Å². The van der Waals surface area contributed by atoms with Gasteiger partial charge in [-0.25, -0.2) is 0 Å². The van der Waals surface area contributed by atoms with E-state index in [0.29, 0.717) is 23.8 Å². The van der Waals surface area contributed by atoms with Gasteiger partial charge in [-0.2, -0.15) is 4.98 Å². The molecular formula is C19H21N5O2. The molecule has 2 aromatic heterocycles. The molecule has 2 N–H and O–H groups in total. The summed E-state index contributed by atoms with van der Waals surface area (Å²) >= 11 is 0. The molecule has 0 amide bonds. The monoisotopic (exact) mass is 351 g/mol. The largest absolute Gasteiger partial charge is 0.397 e. The average Bonchev–Trinajstić information content (AvgIpc) is 3.13. The third-order valence-electron chi connectivity index (χ3n) is 4.34. The molecule has 1 saturated heterocycles. The van der Waals surface area contributed by atoms with Crippen LogP contribution in [-0.4, -0.2) is 46.3 Å².